The van der Waals surface area contributed by atoms with E-state index in [0.717, 1.165) is 16.5 Å². The number of carbonyl (C=O) groups is 1. The van der Waals surface area contributed by atoms with Crippen LogP contribution in [-0.4, -0.2) is 16.8 Å². The molecule has 2 aromatic carbocycles. The van der Waals surface area contributed by atoms with Crippen LogP contribution in [0.2, 0.25) is 10.0 Å². The van der Waals surface area contributed by atoms with Gasteiger partial charge in [-0.2, -0.15) is 0 Å². The average molecular weight is 414 g/mol. The Kier molecular flexibility index (Phi) is 4.88. The number of piperidine rings is 1. The monoisotopic (exact) mass is 413 g/mol. The van der Waals surface area contributed by atoms with Crippen molar-refractivity contribution in [1.82, 2.24) is 4.90 Å². The molecule has 1 aliphatic heterocycles. The van der Waals surface area contributed by atoms with Gasteiger partial charge in [0.05, 0.1) is 6.04 Å². The first-order valence-electron chi connectivity index (χ1n) is 10.4. The van der Waals surface area contributed by atoms with E-state index in [0.29, 0.717) is 30.2 Å². The first-order chi connectivity index (χ1) is 13.6. The molecule has 2 atom stereocenters. The van der Waals surface area contributed by atoms with Gasteiger partial charge in [0.15, 0.2) is 0 Å². The molecule has 0 bridgehead atoms. The Balaban J connectivity index is 1.60. The van der Waals surface area contributed by atoms with Crippen LogP contribution in [0, 0.1) is 11.8 Å². The molecule has 1 heterocycles. The fourth-order valence-corrected chi connectivity index (χ4v) is 5.45. The highest BCUT2D eigenvalue weighted by Crippen LogP contribution is 2.53. The molecule has 2 nitrogen and oxygen atoms in total. The second-order valence-electron chi connectivity index (χ2n) is 8.66. The van der Waals surface area contributed by atoms with Crippen molar-refractivity contribution < 1.29 is 4.79 Å². The van der Waals surface area contributed by atoms with Crippen LogP contribution in [-0.2, 0) is 4.79 Å². The highest BCUT2D eigenvalue weighted by Gasteiger charge is 2.51. The van der Waals surface area contributed by atoms with Crippen LogP contribution >= 0.6 is 23.2 Å². The van der Waals surface area contributed by atoms with Crippen LogP contribution < -0.4 is 0 Å². The molecule has 0 N–H and O–H groups in total. The summed E-state index contributed by atoms with van der Waals surface area (Å²) in [6.45, 7) is 0. The van der Waals surface area contributed by atoms with Crippen LogP contribution in [0.1, 0.15) is 61.6 Å². The van der Waals surface area contributed by atoms with Crippen LogP contribution in [0.25, 0.3) is 0 Å². The molecule has 28 heavy (non-hydrogen) atoms. The van der Waals surface area contributed by atoms with Gasteiger partial charge >= 0.3 is 0 Å². The zero-order valence-corrected chi connectivity index (χ0v) is 17.4. The summed E-state index contributed by atoms with van der Waals surface area (Å²) in [6.07, 6.45) is 6.54. The maximum Gasteiger partial charge on any atom is 0.223 e. The minimum atomic E-state index is 0.0585. The van der Waals surface area contributed by atoms with Gasteiger partial charge in [0.25, 0.3) is 0 Å². The summed E-state index contributed by atoms with van der Waals surface area (Å²) < 4.78 is 0. The molecule has 2 aromatic rings. The Morgan fingerprint density at radius 2 is 1.50 bits per heavy atom. The Labute approximate surface area is 176 Å². The largest absolute Gasteiger partial charge is 0.331 e. The van der Waals surface area contributed by atoms with Gasteiger partial charge < -0.3 is 4.90 Å². The molecule has 0 radical (unpaired) electrons. The lowest BCUT2D eigenvalue weighted by Crippen LogP contribution is -2.49. The van der Waals surface area contributed by atoms with E-state index in [2.05, 4.69) is 29.2 Å². The number of hydrogen-bond donors (Lipinski definition) is 0. The highest BCUT2D eigenvalue weighted by molar-refractivity contribution is 6.30. The number of amides is 1. The van der Waals surface area contributed by atoms with Crippen LogP contribution in [0.5, 0.6) is 0 Å². The molecule has 5 rings (SSSR count). The molecule has 146 valence electrons. The van der Waals surface area contributed by atoms with Gasteiger partial charge in [-0.05, 0) is 79.3 Å². The number of benzene rings is 2. The summed E-state index contributed by atoms with van der Waals surface area (Å²) in [5, 5.41) is 1.49. The zero-order valence-electron chi connectivity index (χ0n) is 15.9. The molecule has 2 saturated carbocycles. The van der Waals surface area contributed by atoms with Gasteiger partial charge in [-0.15, -0.1) is 0 Å². The second-order valence-corrected chi connectivity index (χ2v) is 9.54. The van der Waals surface area contributed by atoms with Crippen molar-refractivity contribution in [3.05, 3.63) is 69.7 Å². The van der Waals surface area contributed by atoms with E-state index < -0.39 is 0 Å². The van der Waals surface area contributed by atoms with Crippen molar-refractivity contribution in [3.63, 3.8) is 0 Å². The van der Waals surface area contributed by atoms with Crippen molar-refractivity contribution >= 4 is 29.1 Å². The number of likely N-dealkylation sites (tertiary alicyclic amines) is 1. The fourth-order valence-electron chi connectivity index (χ4n) is 5.12. The van der Waals surface area contributed by atoms with E-state index in [1.807, 2.05) is 24.3 Å². The van der Waals surface area contributed by atoms with Gasteiger partial charge in [0.1, 0.15) is 0 Å². The lowest BCUT2D eigenvalue weighted by atomic mass is 9.78. The van der Waals surface area contributed by atoms with E-state index in [4.69, 9.17) is 23.2 Å². The van der Waals surface area contributed by atoms with Crippen LogP contribution in [0.15, 0.2) is 48.5 Å². The number of halogens is 2. The maximum absolute atomic E-state index is 13.3. The zero-order chi connectivity index (χ0) is 19.3. The lowest BCUT2D eigenvalue weighted by Gasteiger charge is -2.46. The van der Waals surface area contributed by atoms with Crippen molar-refractivity contribution in [2.45, 2.75) is 56.5 Å². The second kappa shape index (κ2) is 7.39. The minimum Gasteiger partial charge on any atom is -0.331 e. The van der Waals surface area contributed by atoms with Gasteiger partial charge in [-0.3, -0.25) is 4.79 Å². The van der Waals surface area contributed by atoms with Gasteiger partial charge in [-0.25, -0.2) is 0 Å². The number of carbonyl (C=O) groups excluding carboxylic acids is 1. The summed E-state index contributed by atoms with van der Waals surface area (Å²) in [6, 6.07) is 16.8. The lowest BCUT2D eigenvalue weighted by molar-refractivity contribution is -0.142. The molecule has 0 aromatic heterocycles. The summed E-state index contributed by atoms with van der Waals surface area (Å²) in [5.41, 5.74) is 2.42. The molecule has 0 spiro atoms. The highest BCUT2D eigenvalue weighted by atomic mass is 35.5. The molecule has 3 fully saturated rings. The maximum atomic E-state index is 13.3. The molecule has 1 saturated heterocycles. The standard InChI is InChI=1S/C24H25Cl2NO/c25-19-10-8-17(9-11-19)24-21(18-2-1-3-20(26)14-18)12-13-22(28)27(24)23(15-4-5-15)16-6-7-16/h1-3,8-11,14-16,21,23-24H,4-7,12-13H2/t21-,24-/m1/s1. The third-order valence-electron chi connectivity index (χ3n) is 6.66. The van der Waals surface area contributed by atoms with Crippen molar-refractivity contribution in [2.24, 2.45) is 11.8 Å². The Hall–Kier alpha value is -1.51. The van der Waals surface area contributed by atoms with Crippen molar-refractivity contribution in [2.75, 3.05) is 0 Å². The topological polar surface area (TPSA) is 20.3 Å². The van der Waals surface area contributed by atoms with Gasteiger partial charge in [0, 0.05) is 28.4 Å². The quantitative estimate of drug-likeness (QED) is 0.538. The SMILES string of the molecule is O=C1CC[C@H](c2cccc(Cl)c2)[C@@H](c2ccc(Cl)cc2)N1C(C1CC1)C1CC1. The summed E-state index contributed by atoms with van der Waals surface area (Å²) in [7, 11) is 0. The Bertz CT molecular complexity index is 860. The van der Waals surface area contributed by atoms with Gasteiger partial charge in [0.2, 0.25) is 5.91 Å². The molecule has 3 aliphatic rings. The van der Waals surface area contributed by atoms with Crippen LogP contribution in [0.3, 0.4) is 0 Å². The van der Waals surface area contributed by atoms with E-state index in [1.165, 1.54) is 36.8 Å². The first-order valence-corrected chi connectivity index (χ1v) is 11.2. The third-order valence-corrected chi connectivity index (χ3v) is 7.14. The normalized spacial score (nSPS) is 25.4. The molecule has 1 amide bonds. The number of nitrogens with zero attached hydrogens (tertiary/aromatic N) is 1. The Morgan fingerprint density at radius 3 is 2.11 bits per heavy atom. The van der Waals surface area contributed by atoms with Crippen molar-refractivity contribution in [1.29, 1.82) is 0 Å². The first kappa shape index (κ1) is 18.5. The van der Waals surface area contributed by atoms with Crippen molar-refractivity contribution in [3.8, 4) is 0 Å². The van der Waals surface area contributed by atoms with E-state index in [-0.39, 0.29) is 12.0 Å². The van der Waals surface area contributed by atoms with E-state index in [9.17, 15) is 4.79 Å². The third kappa shape index (κ3) is 3.57. The number of hydrogen-bond acceptors (Lipinski definition) is 1. The fraction of sp³-hybridized carbons (Fsp3) is 0.458. The average Bonchev–Trinajstić information content (AvgIpc) is 3.59. The predicted octanol–water partition coefficient (Wildman–Crippen LogP) is 6.63. The Morgan fingerprint density at radius 1 is 0.821 bits per heavy atom. The summed E-state index contributed by atoms with van der Waals surface area (Å²) >= 11 is 12.5. The molecule has 2 aliphatic carbocycles. The predicted molar refractivity (Wildman–Crippen MR) is 114 cm³/mol. The summed E-state index contributed by atoms with van der Waals surface area (Å²) in [4.78, 5) is 15.6. The smallest absolute Gasteiger partial charge is 0.223 e. The van der Waals surface area contributed by atoms with E-state index in [1.54, 1.807) is 0 Å². The molecular formula is C24H25Cl2NO. The molecular weight excluding hydrogens is 389 g/mol. The van der Waals surface area contributed by atoms with Gasteiger partial charge in [-0.1, -0.05) is 47.5 Å². The molecule has 0 unspecified atom stereocenters. The number of rotatable bonds is 5. The van der Waals surface area contributed by atoms with E-state index >= 15 is 0 Å². The summed E-state index contributed by atoms with van der Waals surface area (Å²) in [5.74, 6) is 1.95. The van der Waals surface area contributed by atoms with Crippen LogP contribution in [0.4, 0.5) is 0 Å². The molecule has 4 heteroatoms. The minimum absolute atomic E-state index is 0.0585.